The zero-order valence-electron chi connectivity index (χ0n) is 16.5. The standard InChI is InChI=1S/C23H24FN3O2/c1-16(2)29-20-9-7-18(8-10-20)27-23(28)22-15-19(12-14-26-22)25-13-11-17-5-3-4-6-21(17)24/h3-10,12,14-16H,11,13H2,1-2H3,(H,25,26)(H,27,28). The number of rotatable bonds is 8. The lowest BCUT2D eigenvalue weighted by atomic mass is 10.1. The van der Waals surface area contributed by atoms with Gasteiger partial charge >= 0.3 is 0 Å². The van der Waals surface area contributed by atoms with Crippen molar-refractivity contribution in [2.45, 2.75) is 26.4 Å². The van der Waals surface area contributed by atoms with E-state index in [9.17, 15) is 9.18 Å². The van der Waals surface area contributed by atoms with Crippen LogP contribution < -0.4 is 15.4 Å². The fraction of sp³-hybridized carbons (Fsp3) is 0.217. The maximum Gasteiger partial charge on any atom is 0.274 e. The van der Waals surface area contributed by atoms with Gasteiger partial charge in [-0.2, -0.15) is 0 Å². The van der Waals surface area contributed by atoms with E-state index in [1.54, 1.807) is 42.6 Å². The van der Waals surface area contributed by atoms with Crippen LogP contribution in [0.1, 0.15) is 29.9 Å². The van der Waals surface area contributed by atoms with Crippen molar-refractivity contribution < 1.29 is 13.9 Å². The lowest BCUT2D eigenvalue weighted by molar-refractivity contribution is 0.102. The Bertz CT molecular complexity index is 958. The molecule has 29 heavy (non-hydrogen) atoms. The lowest BCUT2D eigenvalue weighted by Gasteiger charge is -2.11. The van der Waals surface area contributed by atoms with Crippen molar-refractivity contribution >= 4 is 17.3 Å². The van der Waals surface area contributed by atoms with Gasteiger partial charge in [0.15, 0.2) is 0 Å². The first-order valence-electron chi connectivity index (χ1n) is 9.52. The van der Waals surface area contributed by atoms with E-state index in [1.807, 2.05) is 32.0 Å². The van der Waals surface area contributed by atoms with E-state index in [1.165, 1.54) is 6.07 Å². The second-order valence-corrected chi connectivity index (χ2v) is 6.84. The van der Waals surface area contributed by atoms with Crippen LogP contribution in [0.3, 0.4) is 0 Å². The highest BCUT2D eigenvalue weighted by Crippen LogP contribution is 2.18. The van der Waals surface area contributed by atoms with Gasteiger partial charge in [-0.1, -0.05) is 18.2 Å². The Morgan fingerprint density at radius 3 is 2.55 bits per heavy atom. The van der Waals surface area contributed by atoms with Gasteiger partial charge in [-0.05, 0) is 68.3 Å². The average molecular weight is 393 g/mol. The van der Waals surface area contributed by atoms with Crippen LogP contribution in [0.15, 0.2) is 66.9 Å². The first-order chi connectivity index (χ1) is 14.0. The van der Waals surface area contributed by atoms with Gasteiger partial charge in [0, 0.05) is 24.1 Å². The summed E-state index contributed by atoms with van der Waals surface area (Å²) in [5.41, 5.74) is 2.35. The fourth-order valence-corrected chi connectivity index (χ4v) is 2.79. The van der Waals surface area contributed by atoms with Crippen LogP contribution in [-0.2, 0) is 6.42 Å². The van der Waals surface area contributed by atoms with E-state index in [2.05, 4.69) is 15.6 Å². The van der Waals surface area contributed by atoms with Gasteiger partial charge in [0.05, 0.1) is 6.10 Å². The van der Waals surface area contributed by atoms with Crippen molar-refractivity contribution in [1.29, 1.82) is 0 Å². The van der Waals surface area contributed by atoms with Gasteiger partial charge in [-0.3, -0.25) is 9.78 Å². The molecule has 5 nitrogen and oxygen atoms in total. The number of carbonyl (C=O) groups excluding carboxylic acids is 1. The third-order valence-electron chi connectivity index (χ3n) is 4.16. The molecular weight excluding hydrogens is 369 g/mol. The molecule has 6 heteroatoms. The van der Waals surface area contributed by atoms with Crippen molar-refractivity contribution in [2.24, 2.45) is 0 Å². The van der Waals surface area contributed by atoms with E-state index in [4.69, 9.17) is 4.74 Å². The van der Waals surface area contributed by atoms with Crippen LogP contribution >= 0.6 is 0 Å². The minimum atomic E-state index is -0.305. The predicted molar refractivity (Wildman–Crippen MR) is 113 cm³/mol. The number of halogens is 1. The Labute approximate surface area is 169 Å². The van der Waals surface area contributed by atoms with Crippen molar-refractivity contribution in [2.75, 3.05) is 17.2 Å². The fourth-order valence-electron chi connectivity index (χ4n) is 2.79. The van der Waals surface area contributed by atoms with Crippen molar-refractivity contribution in [3.05, 3.63) is 83.9 Å². The number of pyridine rings is 1. The molecule has 0 saturated carbocycles. The smallest absolute Gasteiger partial charge is 0.274 e. The number of carbonyl (C=O) groups is 1. The lowest BCUT2D eigenvalue weighted by Crippen LogP contribution is -2.14. The Morgan fingerprint density at radius 1 is 1.07 bits per heavy atom. The van der Waals surface area contributed by atoms with E-state index in [0.29, 0.717) is 29.9 Å². The number of nitrogens with zero attached hydrogens (tertiary/aromatic N) is 1. The molecule has 3 rings (SSSR count). The highest BCUT2D eigenvalue weighted by atomic mass is 19.1. The molecule has 1 heterocycles. The number of aromatic nitrogens is 1. The normalized spacial score (nSPS) is 10.6. The second-order valence-electron chi connectivity index (χ2n) is 6.84. The van der Waals surface area contributed by atoms with Crippen LogP contribution in [0.2, 0.25) is 0 Å². The molecule has 2 N–H and O–H groups in total. The predicted octanol–water partition coefficient (Wildman–Crippen LogP) is 4.91. The SMILES string of the molecule is CC(C)Oc1ccc(NC(=O)c2cc(NCCc3ccccc3F)ccn2)cc1. The molecule has 2 aromatic carbocycles. The van der Waals surface area contributed by atoms with E-state index < -0.39 is 0 Å². The maximum atomic E-state index is 13.7. The summed E-state index contributed by atoms with van der Waals surface area (Å²) < 4.78 is 19.3. The summed E-state index contributed by atoms with van der Waals surface area (Å²) in [6.07, 6.45) is 2.20. The third-order valence-corrected chi connectivity index (χ3v) is 4.16. The summed E-state index contributed by atoms with van der Waals surface area (Å²) in [6.45, 7) is 4.46. The summed E-state index contributed by atoms with van der Waals surface area (Å²) in [7, 11) is 0. The van der Waals surface area contributed by atoms with Crippen LogP contribution in [0.4, 0.5) is 15.8 Å². The first kappa shape index (κ1) is 20.3. The Balaban J connectivity index is 1.57. The van der Waals surface area contributed by atoms with Gasteiger partial charge in [-0.25, -0.2) is 4.39 Å². The highest BCUT2D eigenvalue weighted by molar-refractivity contribution is 6.03. The molecule has 0 unspecified atom stereocenters. The van der Waals surface area contributed by atoms with Crippen LogP contribution in [0, 0.1) is 5.82 Å². The molecule has 0 atom stereocenters. The number of amides is 1. The number of benzene rings is 2. The van der Waals surface area contributed by atoms with E-state index in [-0.39, 0.29) is 17.8 Å². The molecule has 0 saturated heterocycles. The molecule has 0 aliphatic carbocycles. The number of hydrogen-bond donors (Lipinski definition) is 2. The van der Waals surface area contributed by atoms with Gasteiger partial charge < -0.3 is 15.4 Å². The average Bonchev–Trinajstić information content (AvgIpc) is 2.71. The maximum absolute atomic E-state index is 13.7. The molecule has 3 aromatic rings. The van der Waals surface area contributed by atoms with Gasteiger partial charge in [0.25, 0.3) is 5.91 Å². The second kappa shape index (κ2) is 9.68. The van der Waals surface area contributed by atoms with Crippen molar-refractivity contribution in [1.82, 2.24) is 4.98 Å². The van der Waals surface area contributed by atoms with Crippen LogP contribution in [0.5, 0.6) is 5.75 Å². The van der Waals surface area contributed by atoms with Crippen LogP contribution in [0.25, 0.3) is 0 Å². The van der Waals surface area contributed by atoms with E-state index in [0.717, 1.165) is 11.4 Å². The molecule has 0 spiro atoms. The summed E-state index contributed by atoms with van der Waals surface area (Å²) in [5, 5.41) is 6.02. The molecule has 0 aliphatic rings. The molecular formula is C23H24FN3O2. The zero-order valence-corrected chi connectivity index (χ0v) is 16.5. The van der Waals surface area contributed by atoms with Crippen molar-refractivity contribution in [3.63, 3.8) is 0 Å². The number of nitrogens with one attached hydrogen (secondary N) is 2. The molecule has 0 fully saturated rings. The molecule has 1 amide bonds. The molecule has 1 aromatic heterocycles. The van der Waals surface area contributed by atoms with Crippen molar-refractivity contribution in [3.8, 4) is 5.75 Å². The summed E-state index contributed by atoms with van der Waals surface area (Å²) in [4.78, 5) is 16.6. The molecule has 0 bridgehead atoms. The minimum Gasteiger partial charge on any atom is -0.491 e. The quantitative estimate of drug-likeness (QED) is 0.570. The molecule has 150 valence electrons. The van der Waals surface area contributed by atoms with Gasteiger partial charge in [-0.15, -0.1) is 0 Å². The molecule has 0 aliphatic heterocycles. The monoisotopic (exact) mass is 393 g/mol. The molecule has 0 radical (unpaired) electrons. The first-order valence-corrected chi connectivity index (χ1v) is 9.52. The largest absolute Gasteiger partial charge is 0.491 e. The van der Waals surface area contributed by atoms with Gasteiger partial charge in [0.2, 0.25) is 0 Å². The Morgan fingerprint density at radius 2 is 1.83 bits per heavy atom. The number of hydrogen-bond acceptors (Lipinski definition) is 4. The van der Waals surface area contributed by atoms with E-state index >= 15 is 0 Å². The topological polar surface area (TPSA) is 63.2 Å². The van der Waals surface area contributed by atoms with Crippen LogP contribution in [-0.4, -0.2) is 23.5 Å². The number of ether oxygens (including phenoxy) is 1. The zero-order chi connectivity index (χ0) is 20.6. The minimum absolute atomic E-state index is 0.0910. The van der Waals surface area contributed by atoms with Gasteiger partial charge in [0.1, 0.15) is 17.3 Å². The third kappa shape index (κ3) is 6.04. The Kier molecular flexibility index (Phi) is 6.79. The highest BCUT2D eigenvalue weighted by Gasteiger charge is 2.09. The summed E-state index contributed by atoms with van der Waals surface area (Å²) in [6, 6.07) is 17.3. The summed E-state index contributed by atoms with van der Waals surface area (Å²) >= 11 is 0. The number of anilines is 2. The summed E-state index contributed by atoms with van der Waals surface area (Å²) in [5.74, 6) is 0.228. The Hall–Kier alpha value is -3.41.